The molecule has 2 aromatic rings. The molecule has 0 radical (unpaired) electrons. The first-order chi connectivity index (χ1) is 8.61. The number of hydrogen-bond donors (Lipinski definition) is 1. The second-order valence-corrected chi connectivity index (χ2v) is 3.90. The molecule has 0 aliphatic rings. The molecule has 2 rings (SSSR count). The molecule has 1 N–H and O–H groups in total. The van der Waals surface area contributed by atoms with Crippen LogP contribution in [0.5, 0.6) is 5.75 Å². The summed E-state index contributed by atoms with van der Waals surface area (Å²) in [5, 5.41) is 16.0. The van der Waals surface area contributed by atoms with Crippen molar-refractivity contribution in [3.8, 4) is 5.75 Å². The summed E-state index contributed by atoms with van der Waals surface area (Å²) in [6.07, 6.45) is 0. The number of aromatic nitrogens is 3. The van der Waals surface area contributed by atoms with E-state index in [0.717, 1.165) is 11.3 Å². The second-order valence-electron chi connectivity index (χ2n) is 3.54. The fraction of sp³-hybridized carbons (Fsp3) is 0.182. The Morgan fingerprint density at radius 2 is 2.11 bits per heavy atom. The van der Waals surface area contributed by atoms with E-state index >= 15 is 0 Å². The topological polar surface area (TPSA) is 77.2 Å². The molecule has 0 aliphatic carbocycles. The summed E-state index contributed by atoms with van der Waals surface area (Å²) < 4.78 is 6.37. The van der Waals surface area contributed by atoms with Crippen molar-refractivity contribution in [2.75, 3.05) is 7.11 Å². The highest BCUT2D eigenvalue weighted by Gasteiger charge is 2.16. The SMILES string of the molecule is COc1ccc(Cn2nnc(C(=O)O)c2Cl)cc1. The molecule has 0 saturated heterocycles. The summed E-state index contributed by atoms with van der Waals surface area (Å²) in [7, 11) is 1.59. The molecule has 94 valence electrons. The zero-order valence-electron chi connectivity index (χ0n) is 9.50. The smallest absolute Gasteiger partial charge is 0.359 e. The van der Waals surface area contributed by atoms with Crippen LogP contribution in [0.3, 0.4) is 0 Å². The van der Waals surface area contributed by atoms with Gasteiger partial charge in [0.1, 0.15) is 5.75 Å². The number of aromatic carboxylic acids is 1. The van der Waals surface area contributed by atoms with Crippen molar-refractivity contribution in [1.29, 1.82) is 0 Å². The number of hydrogen-bond acceptors (Lipinski definition) is 4. The lowest BCUT2D eigenvalue weighted by Crippen LogP contribution is -2.03. The molecular weight excluding hydrogens is 258 g/mol. The maximum absolute atomic E-state index is 10.8. The van der Waals surface area contributed by atoms with E-state index in [1.165, 1.54) is 4.68 Å². The number of nitrogens with zero attached hydrogens (tertiary/aromatic N) is 3. The highest BCUT2D eigenvalue weighted by molar-refractivity contribution is 6.32. The van der Waals surface area contributed by atoms with Crippen LogP contribution >= 0.6 is 11.6 Å². The Hall–Kier alpha value is -2.08. The fourth-order valence-corrected chi connectivity index (χ4v) is 1.65. The van der Waals surface area contributed by atoms with Gasteiger partial charge in [0.2, 0.25) is 5.69 Å². The number of halogens is 1. The minimum absolute atomic E-state index is 0.0123. The van der Waals surface area contributed by atoms with Crippen LogP contribution in [0.1, 0.15) is 16.1 Å². The lowest BCUT2D eigenvalue weighted by atomic mass is 10.2. The van der Waals surface area contributed by atoms with Gasteiger partial charge in [0, 0.05) is 0 Å². The lowest BCUT2D eigenvalue weighted by molar-refractivity contribution is 0.0690. The number of benzene rings is 1. The van der Waals surface area contributed by atoms with Gasteiger partial charge in [-0.3, -0.25) is 0 Å². The monoisotopic (exact) mass is 267 g/mol. The van der Waals surface area contributed by atoms with Crippen molar-refractivity contribution in [3.63, 3.8) is 0 Å². The van der Waals surface area contributed by atoms with Crippen LogP contribution in [-0.4, -0.2) is 33.2 Å². The molecule has 1 aromatic carbocycles. The van der Waals surface area contributed by atoms with Gasteiger partial charge in [0.05, 0.1) is 13.7 Å². The van der Waals surface area contributed by atoms with E-state index in [1.54, 1.807) is 19.2 Å². The van der Waals surface area contributed by atoms with Gasteiger partial charge >= 0.3 is 5.97 Å². The van der Waals surface area contributed by atoms with Gasteiger partial charge in [-0.05, 0) is 17.7 Å². The van der Waals surface area contributed by atoms with E-state index in [9.17, 15) is 4.79 Å². The summed E-state index contributed by atoms with van der Waals surface area (Å²) in [6.45, 7) is 0.350. The molecular formula is C11H10ClN3O3. The Balaban J connectivity index is 2.20. The Bertz CT molecular complexity index is 565. The molecule has 1 aromatic heterocycles. The van der Waals surface area contributed by atoms with Gasteiger partial charge in [-0.15, -0.1) is 5.10 Å². The van der Waals surface area contributed by atoms with Gasteiger partial charge in [0.15, 0.2) is 5.15 Å². The maximum Gasteiger partial charge on any atom is 0.359 e. The van der Waals surface area contributed by atoms with Crippen LogP contribution in [0, 0.1) is 0 Å². The average molecular weight is 268 g/mol. The fourth-order valence-electron chi connectivity index (χ4n) is 1.44. The van der Waals surface area contributed by atoms with E-state index in [0.29, 0.717) is 6.54 Å². The maximum atomic E-state index is 10.8. The van der Waals surface area contributed by atoms with Crippen LogP contribution in [-0.2, 0) is 6.54 Å². The summed E-state index contributed by atoms with van der Waals surface area (Å²) in [4.78, 5) is 10.8. The van der Waals surface area contributed by atoms with Gasteiger partial charge < -0.3 is 9.84 Å². The van der Waals surface area contributed by atoms with Crippen molar-refractivity contribution in [1.82, 2.24) is 15.0 Å². The van der Waals surface area contributed by atoms with Crippen LogP contribution in [0.4, 0.5) is 0 Å². The molecule has 0 saturated carbocycles. The zero-order valence-corrected chi connectivity index (χ0v) is 10.3. The minimum atomic E-state index is -1.19. The molecule has 0 fully saturated rings. The third-order valence-corrected chi connectivity index (χ3v) is 2.74. The molecule has 0 atom stereocenters. The number of ether oxygens (including phenoxy) is 1. The normalized spacial score (nSPS) is 10.3. The van der Waals surface area contributed by atoms with E-state index in [-0.39, 0.29) is 10.8 Å². The molecule has 0 aliphatic heterocycles. The number of carboxylic acid groups (broad SMARTS) is 1. The summed E-state index contributed by atoms with van der Waals surface area (Å²) >= 11 is 5.86. The van der Waals surface area contributed by atoms with Crippen LogP contribution in [0.2, 0.25) is 5.15 Å². The quantitative estimate of drug-likeness (QED) is 0.912. The number of carbonyl (C=O) groups is 1. The second kappa shape index (κ2) is 5.05. The Morgan fingerprint density at radius 3 is 2.61 bits per heavy atom. The largest absolute Gasteiger partial charge is 0.497 e. The van der Waals surface area contributed by atoms with Crippen molar-refractivity contribution in [2.45, 2.75) is 6.54 Å². The highest BCUT2D eigenvalue weighted by Crippen LogP contribution is 2.16. The van der Waals surface area contributed by atoms with Gasteiger partial charge in [0.25, 0.3) is 0 Å². The molecule has 0 amide bonds. The molecule has 1 heterocycles. The average Bonchev–Trinajstić information content (AvgIpc) is 2.72. The summed E-state index contributed by atoms with van der Waals surface area (Å²) in [5.41, 5.74) is 0.671. The number of methoxy groups -OCH3 is 1. The predicted molar refractivity (Wildman–Crippen MR) is 64.1 cm³/mol. The third-order valence-electron chi connectivity index (χ3n) is 2.37. The molecule has 6 nitrogen and oxygen atoms in total. The predicted octanol–water partition coefficient (Wildman–Crippen LogP) is 1.69. The van der Waals surface area contributed by atoms with E-state index < -0.39 is 5.97 Å². The summed E-state index contributed by atoms with van der Waals surface area (Å²) in [6, 6.07) is 7.30. The molecule has 0 unspecified atom stereocenters. The Kier molecular flexibility index (Phi) is 3.47. The summed E-state index contributed by atoms with van der Waals surface area (Å²) in [5.74, 6) is -0.448. The van der Waals surface area contributed by atoms with Crippen molar-refractivity contribution in [2.24, 2.45) is 0 Å². The van der Waals surface area contributed by atoms with E-state index in [2.05, 4.69) is 10.3 Å². The molecule has 0 spiro atoms. The van der Waals surface area contributed by atoms with Crippen LogP contribution in [0.15, 0.2) is 24.3 Å². The van der Waals surface area contributed by atoms with Crippen molar-refractivity contribution >= 4 is 17.6 Å². The standard InChI is InChI=1S/C11H10ClN3O3/c1-18-8-4-2-7(3-5-8)6-15-10(12)9(11(16)17)13-14-15/h2-5H,6H2,1H3,(H,16,17). The first-order valence-corrected chi connectivity index (χ1v) is 5.45. The first kappa shape index (κ1) is 12.4. The van der Waals surface area contributed by atoms with Gasteiger partial charge in [-0.2, -0.15) is 0 Å². The van der Waals surface area contributed by atoms with Gasteiger partial charge in [-0.25, -0.2) is 9.48 Å². The van der Waals surface area contributed by atoms with Crippen molar-refractivity contribution in [3.05, 3.63) is 40.7 Å². The van der Waals surface area contributed by atoms with E-state index in [4.69, 9.17) is 21.4 Å². The number of rotatable bonds is 4. The van der Waals surface area contributed by atoms with Crippen LogP contribution in [0.25, 0.3) is 0 Å². The molecule has 0 bridgehead atoms. The first-order valence-electron chi connectivity index (χ1n) is 5.07. The zero-order chi connectivity index (χ0) is 13.1. The third kappa shape index (κ3) is 2.43. The van der Waals surface area contributed by atoms with Crippen molar-refractivity contribution < 1.29 is 14.6 Å². The Morgan fingerprint density at radius 1 is 1.44 bits per heavy atom. The van der Waals surface area contributed by atoms with E-state index in [1.807, 2.05) is 12.1 Å². The van der Waals surface area contributed by atoms with Crippen LogP contribution < -0.4 is 4.74 Å². The minimum Gasteiger partial charge on any atom is -0.497 e. The number of carboxylic acids is 1. The highest BCUT2D eigenvalue weighted by atomic mass is 35.5. The molecule has 7 heteroatoms. The lowest BCUT2D eigenvalue weighted by Gasteiger charge is -2.04. The molecule has 18 heavy (non-hydrogen) atoms. The Labute approximate surface area is 108 Å². The van der Waals surface area contributed by atoms with Gasteiger partial charge in [-0.1, -0.05) is 28.9 Å².